The van der Waals surface area contributed by atoms with E-state index in [0.717, 1.165) is 13.0 Å². The number of likely N-dealkylation sites (tertiary alicyclic amines) is 1. The highest BCUT2D eigenvalue weighted by molar-refractivity contribution is 9.10. The van der Waals surface area contributed by atoms with Crippen LogP contribution in [0.5, 0.6) is 0 Å². The van der Waals surface area contributed by atoms with Gasteiger partial charge in [0.1, 0.15) is 0 Å². The summed E-state index contributed by atoms with van der Waals surface area (Å²) in [6, 6.07) is 1.36. The zero-order chi connectivity index (χ0) is 13.3. The third kappa shape index (κ3) is 2.64. The Kier molecular flexibility index (Phi) is 4.49. The minimum Gasteiger partial charge on any atom is -0.292 e. The van der Waals surface area contributed by atoms with E-state index < -0.39 is 0 Å². The molecule has 1 fully saturated rings. The van der Waals surface area contributed by atoms with Gasteiger partial charge in [0.15, 0.2) is 0 Å². The van der Waals surface area contributed by atoms with Crippen LogP contribution in [-0.2, 0) is 20.0 Å². The number of hydrogen-bond donors (Lipinski definition) is 0. The molecule has 2 atom stereocenters. The van der Waals surface area contributed by atoms with E-state index in [0.29, 0.717) is 12.1 Å². The van der Waals surface area contributed by atoms with Crippen molar-refractivity contribution in [1.82, 2.24) is 14.7 Å². The molecule has 18 heavy (non-hydrogen) atoms. The lowest BCUT2D eigenvalue weighted by Gasteiger charge is -2.39. The quantitative estimate of drug-likeness (QED) is 0.851. The summed E-state index contributed by atoms with van der Waals surface area (Å²) in [7, 11) is 2.05. The van der Waals surface area contributed by atoms with E-state index in [1.54, 1.807) is 0 Å². The molecule has 1 saturated heterocycles. The summed E-state index contributed by atoms with van der Waals surface area (Å²) in [5, 5.41) is 4.59. The molecule has 102 valence electrons. The summed E-state index contributed by atoms with van der Waals surface area (Å²) in [4.78, 5) is 2.62. The maximum atomic E-state index is 4.59. The summed E-state index contributed by atoms with van der Waals surface area (Å²) >= 11 is 3.72. The molecule has 0 radical (unpaired) electrons. The highest BCUT2D eigenvalue weighted by Crippen LogP contribution is 2.28. The second-order valence-electron chi connectivity index (χ2n) is 5.49. The van der Waals surface area contributed by atoms with Crippen LogP contribution in [0.4, 0.5) is 0 Å². The summed E-state index contributed by atoms with van der Waals surface area (Å²) in [5.74, 6) is 0. The van der Waals surface area contributed by atoms with Gasteiger partial charge in [-0.15, -0.1) is 0 Å². The van der Waals surface area contributed by atoms with Gasteiger partial charge in [-0.1, -0.05) is 13.3 Å². The van der Waals surface area contributed by atoms with Crippen LogP contribution in [0.15, 0.2) is 4.47 Å². The molecule has 1 aromatic rings. The fourth-order valence-electron chi connectivity index (χ4n) is 2.95. The van der Waals surface area contributed by atoms with Crippen LogP contribution in [0.1, 0.15) is 51.4 Å². The molecule has 0 amide bonds. The van der Waals surface area contributed by atoms with Crippen LogP contribution in [0.2, 0.25) is 0 Å². The summed E-state index contributed by atoms with van der Waals surface area (Å²) in [6.45, 7) is 7.86. The Morgan fingerprint density at radius 1 is 1.28 bits per heavy atom. The first kappa shape index (κ1) is 14.1. The molecular weight excluding hydrogens is 290 g/mol. The molecule has 0 spiro atoms. The van der Waals surface area contributed by atoms with Crippen LogP contribution < -0.4 is 0 Å². The van der Waals surface area contributed by atoms with Crippen LogP contribution in [0, 0.1) is 0 Å². The molecule has 2 rings (SSSR count). The van der Waals surface area contributed by atoms with Gasteiger partial charge in [0, 0.05) is 25.7 Å². The first-order valence-corrected chi connectivity index (χ1v) is 7.79. The molecule has 1 aliphatic rings. The Balaban J connectivity index is 2.20. The van der Waals surface area contributed by atoms with E-state index in [1.807, 2.05) is 4.68 Å². The van der Waals surface area contributed by atoms with Crippen molar-refractivity contribution < 1.29 is 0 Å². The smallest absolute Gasteiger partial charge is 0.0767 e. The fourth-order valence-corrected chi connectivity index (χ4v) is 3.69. The van der Waals surface area contributed by atoms with Crippen LogP contribution in [0.25, 0.3) is 0 Å². The topological polar surface area (TPSA) is 21.1 Å². The summed E-state index contributed by atoms with van der Waals surface area (Å²) in [5.41, 5.74) is 2.48. The average Bonchev–Trinajstić information content (AvgIpc) is 2.60. The SMILES string of the molecule is CCc1nn(C)c(CN2C(C)CCCC2C)c1Br. The molecule has 3 nitrogen and oxygen atoms in total. The van der Waals surface area contributed by atoms with Crippen molar-refractivity contribution in [3.8, 4) is 0 Å². The maximum absolute atomic E-state index is 4.59. The average molecular weight is 314 g/mol. The van der Waals surface area contributed by atoms with E-state index in [4.69, 9.17) is 0 Å². The van der Waals surface area contributed by atoms with Crippen molar-refractivity contribution >= 4 is 15.9 Å². The van der Waals surface area contributed by atoms with Gasteiger partial charge in [-0.05, 0) is 49.0 Å². The monoisotopic (exact) mass is 313 g/mol. The van der Waals surface area contributed by atoms with Crippen molar-refractivity contribution in [3.63, 3.8) is 0 Å². The van der Waals surface area contributed by atoms with E-state index in [1.165, 1.54) is 35.1 Å². The molecule has 0 aliphatic carbocycles. The predicted octanol–water partition coefficient (Wildman–Crippen LogP) is 3.51. The Morgan fingerprint density at radius 3 is 2.39 bits per heavy atom. The van der Waals surface area contributed by atoms with Crippen LogP contribution >= 0.6 is 15.9 Å². The van der Waals surface area contributed by atoms with Gasteiger partial charge in [0.25, 0.3) is 0 Å². The van der Waals surface area contributed by atoms with Crippen molar-refractivity contribution in [3.05, 3.63) is 15.9 Å². The molecule has 1 aliphatic heterocycles. The molecular formula is C14H24BrN3. The molecule has 1 aromatic heterocycles. The largest absolute Gasteiger partial charge is 0.292 e. The Bertz CT molecular complexity index is 403. The lowest BCUT2D eigenvalue weighted by molar-refractivity contribution is 0.0922. The van der Waals surface area contributed by atoms with Crippen molar-refractivity contribution in [1.29, 1.82) is 0 Å². The first-order valence-electron chi connectivity index (χ1n) is 7.00. The highest BCUT2D eigenvalue weighted by Gasteiger charge is 2.26. The van der Waals surface area contributed by atoms with Gasteiger partial charge in [-0.3, -0.25) is 9.58 Å². The van der Waals surface area contributed by atoms with Gasteiger partial charge in [0.2, 0.25) is 0 Å². The van der Waals surface area contributed by atoms with Crippen molar-refractivity contribution in [2.24, 2.45) is 7.05 Å². The van der Waals surface area contributed by atoms with E-state index >= 15 is 0 Å². The molecule has 2 unspecified atom stereocenters. The Hall–Kier alpha value is -0.350. The lowest BCUT2D eigenvalue weighted by Crippen LogP contribution is -2.43. The fraction of sp³-hybridized carbons (Fsp3) is 0.786. The van der Waals surface area contributed by atoms with Gasteiger partial charge in [-0.2, -0.15) is 5.10 Å². The van der Waals surface area contributed by atoms with Crippen LogP contribution in [0.3, 0.4) is 0 Å². The third-order valence-electron chi connectivity index (χ3n) is 4.21. The van der Waals surface area contributed by atoms with E-state index in [-0.39, 0.29) is 0 Å². The van der Waals surface area contributed by atoms with Gasteiger partial charge in [-0.25, -0.2) is 0 Å². The number of hydrogen-bond acceptors (Lipinski definition) is 2. The Morgan fingerprint density at radius 2 is 1.89 bits per heavy atom. The number of rotatable bonds is 3. The third-order valence-corrected chi connectivity index (χ3v) is 5.13. The zero-order valence-corrected chi connectivity index (χ0v) is 13.5. The minimum atomic E-state index is 0.681. The minimum absolute atomic E-state index is 0.681. The van der Waals surface area contributed by atoms with Gasteiger partial charge >= 0.3 is 0 Å². The Labute approximate surface area is 119 Å². The standard InChI is InChI=1S/C14H24BrN3/c1-5-12-14(15)13(17(4)16-12)9-18-10(2)7-6-8-11(18)3/h10-11H,5-9H2,1-4H3. The zero-order valence-electron chi connectivity index (χ0n) is 11.9. The van der Waals surface area contributed by atoms with Crippen LogP contribution in [-0.4, -0.2) is 26.8 Å². The number of halogens is 1. The number of aryl methyl sites for hydroxylation is 2. The molecule has 0 saturated carbocycles. The van der Waals surface area contributed by atoms with Gasteiger partial charge in [0.05, 0.1) is 15.9 Å². The van der Waals surface area contributed by atoms with E-state index in [2.05, 4.69) is 53.7 Å². The number of piperidine rings is 1. The lowest BCUT2D eigenvalue weighted by atomic mass is 9.97. The number of nitrogens with zero attached hydrogens (tertiary/aromatic N) is 3. The number of aromatic nitrogens is 2. The summed E-state index contributed by atoms with van der Waals surface area (Å²) in [6.07, 6.45) is 4.99. The molecule has 2 heterocycles. The molecule has 0 aromatic carbocycles. The first-order chi connectivity index (χ1) is 8.54. The second-order valence-corrected chi connectivity index (χ2v) is 6.28. The predicted molar refractivity (Wildman–Crippen MR) is 78.6 cm³/mol. The highest BCUT2D eigenvalue weighted by atomic mass is 79.9. The second kappa shape index (κ2) is 5.74. The van der Waals surface area contributed by atoms with Crippen molar-refractivity contribution in [2.45, 2.75) is 65.1 Å². The maximum Gasteiger partial charge on any atom is 0.0767 e. The normalized spacial score (nSPS) is 25.6. The molecule has 0 N–H and O–H groups in total. The molecule has 0 bridgehead atoms. The molecule has 4 heteroatoms. The van der Waals surface area contributed by atoms with E-state index in [9.17, 15) is 0 Å². The van der Waals surface area contributed by atoms with Gasteiger partial charge < -0.3 is 0 Å². The summed E-state index contributed by atoms with van der Waals surface area (Å²) < 4.78 is 3.24. The van der Waals surface area contributed by atoms with Crippen molar-refractivity contribution in [2.75, 3.05) is 0 Å².